The number of carbonyl (C=O) groups is 2. The number of rotatable bonds is 4. The van der Waals surface area contributed by atoms with E-state index < -0.39 is 59.0 Å². The van der Waals surface area contributed by atoms with Gasteiger partial charge in [-0.05, 0) is 66.8 Å². The number of hydrogen-bond acceptors (Lipinski definition) is 2. The predicted molar refractivity (Wildman–Crippen MR) is 121 cm³/mol. The van der Waals surface area contributed by atoms with Crippen LogP contribution in [0.3, 0.4) is 0 Å². The van der Waals surface area contributed by atoms with Crippen LogP contribution in [-0.4, -0.2) is 44.0 Å². The zero-order valence-corrected chi connectivity index (χ0v) is 20.3. The molecule has 1 saturated heterocycles. The van der Waals surface area contributed by atoms with Crippen molar-refractivity contribution >= 4 is 11.9 Å². The third kappa shape index (κ3) is 5.83. The van der Waals surface area contributed by atoms with Crippen molar-refractivity contribution in [1.29, 1.82) is 0 Å². The van der Waals surface area contributed by atoms with E-state index in [2.05, 4.69) is 10.6 Å². The first-order valence-corrected chi connectivity index (χ1v) is 11.4. The Morgan fingerprint density at radius 1 is 0.973 bits per heavy atom. The summed E-state index contributed by atoms with van der Waals surface area (Å²) in [5.74, 6) is -2.02. The maximum atomic E-state index is 13.9. The van der Waals surface area contributed by atoms with E-state index in [9.17, 15) is 40.3 Å². The van der Waals surface area contributed by atoms with E-state index in [1.165, 1.54) is 31.1 Å². The number of benzene rings is 2. The second-order valence-electron chi connectivity index (χ2n) is 9.13. The molecular weight excluding hydrogens is 507 g/mol. The highest BCUT2D eigenvalue weighted by Gasteiger charge is 2.50. The maximum Gasteiger partial charge on any atom is 0.416 e. The van der Waals surface area contributed by atoms with Crippen LogP contribution in [0.1, 0.15) is 40.2 Å². The van der Waals surface area contributed by atoms with Crippen LogP contribution in [0.2, 0.25) is 0 Å². The first kappa shape index (κ1) is 28.3. The van der Waals surface area contributed by atoms with Crippen molar-refractivity contribution in [2.75, 3.05) is 27.2 Å². The van der Waals surface area contributed by atoms with Gasteiger partial charge in [0, 0.05) is 33.1 Å². The predicted octanol–water partition coefficient (Wildman–Crippen LogP) is 5.28. The average molecular weight is 533 g/mol. The molecule has 0 saturated carbocycles. The quantitative estimate of drug-likeness (QED) is 0.526. The van der Waals surface area contributed by atoms with E-state index in [4.69, 9.17) is 0 Å². The SMILES string of the molecule is CNC(=O)N1CCC(Cc2cc(C(F)(F)F)cc(C(F)(F)F)c2)(C(=O)NC)C(c2ccc(F)cc2C)C1. The summed E-state index contributed by atoms with van der Waals surface area (Å²) in [6, 6.07) is 4.59. The zero-order chi connectivity index (χ0) is 27.8. The number of nitrogens with one attached hydrogen (secondary N) is 2. The van der Waals surface area contributed by atoms with Crippen molar-refractivity contribution in [2.45, 2.75) is 38.0 Å². The third-order valence-corrected chi connectivity index (χ3v) is 6.85. The topological polar surface area (TPSA) is 61.4 Å². The van der Waals surface area contributed by atoms with Crippen LogP contribution in [0.25, 0.3) is 0 Å². The maximum absolute atomic E-state index is 13.9. The molecule has 12 heteroatoms. The van der Waals surface area contributed by atoms with Crippen molar-refractivity contribution in [3.63, 3.8) is 0 Å². The van der Waals surface area contributed by atoms with Crippen molar-refractivity contribution in [3.05, 3.63) is 70.0 Å². The molecule has 2 aromatic rings. The van der Waals surface area contributed by atoms with Crippen molar-refractivity contribution in [2.24, 2.45) is 5.41 Å². The largest absolute Gasteiger partial charge is 0.416 e. The number of halogens is 7. The molecule has 0 radical (unpaired) electrons. The van der Waals surface area contributed by atoms with Gasteiger partial charge in [0.05, 0.1) is 16.5 Å². The van der Waals surface area contributed by atoms with Crippen LogP contribution in [0.15, 0.2) is 36.4 Å². The lowest BCUT2D eigenvalue weighted by atomic mass is 9.63. The summed E-state index contributed by atoms with van der Waals surface area (Å²) in [7, 11) is 2.72. The minimum Gasteiger partial charge on any atom is -0.359 e. The molecule has 0 aromatic heterocycles. The van der Waals surface area contributed by atoms with Gasteiger partial charge in [-0.25, -0.2) is 9.18 Å². The Bertz CT molecular complexity index is 1150. The molecule has 2 aromatic carbocycles. The fourth-order valence-corrected chi connectivity index (χ4v) is 5.06. The van der Waals surface area contributed by atoms with E-state index in [0.717, 1.165) is 6.07 Å². The molecule has 3 rings (SSSR count). The Morgan fingerprint density at radius 2 is 1.57 bits per heavy atom. The molecule has 37 heavy (non-hydrogen) atoms. The second kappa shape index (κ2) is 10.2. The summed E-state index contributed by atoms with van der Waals surface area (Å²) in [6.45, 7) is 1.54. The van der Waals surface area contributed by atoms with Crippen molar-refractivity contribution in [3.8, 4) is 0 Å². The molecule has 2 N–H and O–H groups in total. The Kier molecular flexibility index (Phi) is 7.80. The molecule has 1 aliphatic rings. The first-order chi connectivity index (χ1) is 17.1. The highest BCUT2D eigenvalue weighted by Crippen LogP contribution is 2.48. The summed E-state index contributed by atoms with van der Waals surface area (Å²) in [5, 5.41) is 4.97. The first-order valence-electron chi connectivity index (χ1n) is 11.4. The standard InChI is InChI=1S/C25H26F7N3O2/c1-14-8-18(26)4-5-19(14)20-13-35(22(37)34-3)7-6-23(20,21(36)33-2)12-15-9-16(24(27,28)29)11-17(10-15)25(30,31)32/h4-5,8-11,20H,6-7,12-13H2,1-3H3,(H,33,36)(H,34,37). The number of alkyl halides is 6. The van der Waals surface area contributed by atoms with Gasteiger partial charge in [0.1, 0.15) is 5.82 Å². The Labute approximate surface area is 209 Å². The molecule has 2 unspecified atom stereocenters. The highest BCUT2D eigenvalue weighted by molar-refractivity contribution is 5.85. The fraction of sp³-hybridized carbons (Fsp3) is 0.440. The number of aryl methyl sites for hydroxylation is 1. The molecule has 1 fully saturated rings. The van der Waals surface area contributed by atoms with Gasteiger partial charge >= 0.3 is 18.4 Å². The number of carbonyl (C=O) groups excluding carboxylic acids is 2. The molecule has 0 aliphatic carbocycles. The lowest BCUT2D eigenvalue weighted by molar-refractivity contribution is -0.143. The number of hydrogen-bond donors (Lipinski definition) is 2. The highest BCUT2D eigenvalue weighted by atomic mass is 19.4. The van der Waals surface area contributed by atoms with Gasteiger partial charge in [-0.2, -0.15) is 26.3 Å². The minimum absolute atomic E-state index is 0.0227. The van der Waals surface area contributed by atoms with Crippen LogP contribution < -0.4 is 10.6 Å². The van der Waals surface area contributed by atoms with Crippen molar-refractivity contribution in [1.82, 2.24) is 15.5 Å². The van der Waals surface area contributed by atoms with Gasteiger partial charge in [0.25, 0.3) is 0 Å². The smallest absolute Gasteiger partial charge is 0.359 e. The molecule has 1 aliphatic heterocycles. The lowest BCUT2D eigenvalue weighted by Gasteiger charge is -2.47. The summed E-state index contributed by atoms with van der Waals surface area (Å²) in [6.07, 6.45) is -10.6. The molecule has 5 nitrogen and oxygen atoms in total. The van der Waals surface area contributed by atoms with E-state index in [0.29, 0.717) is 23.3 Å². The molecule has 1 heterocycles. The van der Waals surface area contributed by atoms with Crippen LogP contribution in [0.5, 0.6) is 0 Å². The van der Waals surface area contributed by atoms with Crippen molar-refractivity contribution < 1.29 is 40.3 Å². The van der Waals surface area contributed by atoms with E-state index >= 15 is 0 Å². The van der Waals surface area contributed by atoms with E-state index in [1.807, 2.05) is 0 Å². The summed E-state index contributed by atoms with van der Waals surface area (Å²) in [5.41, 5.74) is -3.94. The molecule has 202 valence electrons. The fourth-order valence-electron chi connectivity index (χ4n) is 5.06. The molecule has 0 bridgehead atoms. The average Bonchev–Trinajstić information content (AvgIpc) is 2.82. The summed E-state index contributed by atoms with van der Waals surface area (Å²) >= 11 is 0. The monoisotopic (exact) mass is 533 g/mol. The van der Waals surface area contributed by atoms with Gasteiger partial charge in [0.15, 0.2) is 0 Å². The third-order valence-electron chi connectivity index (χ3n) is 6.85. The number of likely N-dealkylation sites (tertiary alicyclic amines) is 1. The molecule has 3 amide bonds. The van der Waals surface area contributed by atoms with Gasteiger partial charge < -0.3 is 15.5 Å². The van der Waals surface area contributed by atoms with Crippen LogP contribution in [0, 0.1) is 18.2 Å². The van der Waals surface area contributed by atoms with Crippen LogP contribution in [-0.2, 0) is 23.6 Å². The Morgan fingerprint density at radius 3 is 2.05 bits per heavy atom. The zero-order valence-electron chi connectivity index (χ0n) is 20.3. The normalized spacial score (nSPS) is 20.5. The number of amides is 3. The Hall–Kier alpha value is -3.31. The van der Waals surface area contributed by atoms with Gasteiger partial charge in [-0.1, -0.05) is 6.07 Å². The van der Waals surface area contributed by atoms with Gasteiger partial charge in [0.2, 0.25) is 5.91 Å². The number of urea groups is 1. The lowest BCUT2D eigenvalue weighted by Crippen LogP contribution is -2.56. The second-order valence-corrected chi connectivity index (χ2v) is 9.13. The van der Waals surface area contributed by atoms with Crippen LogP contribution in [0.4, 0.5) is 35.5 Å². The van der Waals surface area contributed by atoms with Gasteiger partial charge in [-0.3, -0.25) is 4.79 Å². The van der Waals surface area contributed by atoms with E-state index in [1.54, 1.807) is 6.92 Å². The molecule has 2 atom stereocenters. The Balaban J connectivity index is 2.23. The molecular formula is C25H26F7N3O2. The van der Waals surface area contributed by atoms with E-state index in [-0.39, 0.29) is 31.1 Å². The number of piperidine rings is 1. The number of nitrogens with zero attached hydrogens (tertiary/aromatic N) is 1. The minimum atomic E-state index is -5.05. The van der Waals surface area contributed by atoms with Crippen LogP contribution >= 0.6 is 0 Å². The molecule has 0 spiro atoms. The summed E-state index contributed by atoms with van der Waals surface area (Å²) in [4.78, 5) is 27.2. The summed E-state index contributed by atoms with van der Waals surface area (Å²) < 4.78 is 95.0. The van der Waals surface area contributed by atoms with Gasteiger partial charge in [-0.15, -0.1) is 0 Å².